The average molecular weight is 382 g/mol. The van der Waals surface area contributed by atoms with Crippen molar-refractivity contribution >= 4 is 44.6 Å². The zero-order chi connectivity index (χ0) is 19.7. The van der Waals surface area contributed by atoms with Crippen LogP contribution in [0.15, 0.2) is 43.0 Å². The number of nitrogens with two attached hydrogens (primary N) is 2. The highest BCUT2D eigenvalue weighted by Crippen LogP contribution is 2.33. The average Bonchev–Trinajstić information content (AvgIpc) is 2.93. The Labute approximate surface area is 159 Å². The summed E-state index contributed by atoms with van der Waals surface area (Å²) in [5, 5.41) is 12.1. The first-order chi connectivity index (χ1) is 12.8. The largest absolute Gasteiger partial charge is 0.507 e. The van der Waals surface area contributed by atoms with E-state index in [-0.39, 0.29) is 21.9 Å². The number of amides is 2. The number of rotatable bonds is 5. The molecule has 2 aromatic carbocycles. The molecule has 0 saturated carbocycles. The molecule has 2 amide bonds. The van der Waals surface area contributed by atoms with Crippen LogP contribution in [0.3, 0.4) is 0 Å². The first-order valence-corrected chi connectivity index (χ1v) is 8.77. The minimum Gasteiger partial charge on any atom is -0.507 e. The molecule has 1 aromatic heterocycles. The van der Waals surface area contributed by atoms with E-state index in [1.54, 1.807) is 13.0 Å². The fourth-order valence-corrected chi connectivity index (χ4v) is 3.80. The van der Waals surface area contributed by atoms with E-state index in [1.807, 2.05) is 24.3 Å². The summed E-state index contributed by atoms with van der Waals surface area (Å²) in [6.45, 7) is 5.55. The lowest BCUT2D eigenvalue weighted by atomic mass is 10.1. The van der Waals surface area contributed by atoms with Crippen molar-refractivity contribution < 1.29 is 14.7 Å². The number of carbonyl (C=O) groups is 2. The Morgan fingerprint density at radius 1 is 1.15 bits per heavy atom. The lowest BCUT2D eigenvalue weighted by molar-refractivity contribution is 0.0938. The van der Waals surface area contributed by atoms with Crippen LogP contribution in [0.25, 0.3) is 16.5 Å². The summed E-state index contributed by atoms with van der Waals surface area (Å²) in [4.78, 5) is 24.5. The van der Waals surface area contributed by atoms with Gasteiger partial charge in [0, 0.05) is 0 Å². The maximum atomic E-state index is 12.4. The number of anilines is 1. The molecule has 0 saturated heterocycles. The van der Waals surface area contributed by atoms with E-state index in [1.165, 1.54) is 6.07 Å². The minimum atomic E-state index is -0.620. The number of hydrogen-bond acceptors (Lipinski definition) is 6. The molecule has 0 bridgehead atoms. The molecule has 0 aliphatic rings. The molecular formula is C19H18N4O3S. The number of aromatic hydroxyl groups is 1. The standard InChI is InChI=1S/C19H18N4O3S/c1-9-15(17(20)25)18(21)27-16(9)10(2)22-23-19(26)13-7-11-5-3-4-6-12(11)8-14(13)24/h3-8,22,24H,2,21H2,1H3,(H2,20,25)(H,23,26). The number of hydrogen-bond donors (Lipinski definition) is 5. The summed E-state index contributed by atoms with van der Waals surface area (Å²) in [5.74, 6) is -1.28. The van der Waals surface area contributed by atoms with Crippen molar-refractivity contribution in [2.24, 2.45) is 5.73 Å². The summed E-state index contributed by atoms with van der Waals surface area (Å²) in [6, 6.07) is 10.5. The molecule has 0 atom stereocenters. The van der Waals surface area contributed by atoms with Gasteiger partial charge in [-0.2, -0.15) is 0 Å². The topological polar surface area (TPSA) is 130 Å². The Morgan fingerprint density at radius 2 is 1.78 bits per heavy atom. The van der Waals surface area contributed by atoms with Crippen LogP contribution in [0.1, 0.15) is 31.2 Å². The number of hydrazine groups is 1. The van der Waals surface area contributed by atoms with Crippen LogP contribution in [0, 0.1) is 6.92 Å². The first kappa shape index (κ1) is 18.3. The molecule has 0 aliphatic heterocycles. The monoisotopic (exact) mass is 382 g/mol. The van der Waals surface area contributed by atoms with Gasteiger partial charge in [0.2, 0.25) is 0 Å². The number of benzene rings is 2. The fourth-order valence-electron chi connectivity index (χ4n) is 2.80. The molecule has 0 radical (unpaired) electrons. The number of primary amides is 1. The number of nitrogen functional groups attached to an aromatic ring is 1. The maximum absolute atomic E-state index is 12.4. The fraction of sp³-hybridized carbons (Fsp3) is 0.0526. The quantitative estimate of drug-likeness (QED) is 0.433. The predicted molar refractivity (Wildman–Crippen MR) is 107 cm³/mol. The first-order valence-electron chi connectivity index (χ1n) is 7.95. The van der Waals surface area contributed by atoms with Gasteiger partial charge in [-0.05, 0) is 35.4 Å². The molecule has 1 heterocycles. The Hall–Kier alpha value is -3.52. The van der Waals surface area contributed by atoms with Crippen molar-refractivity contribution in [1.29, 1.82) is 0 Å². The second-order valence-corrected chi connectivity index (χ2v) is 6.99. The third-order valence-corrected chi connectivity index (χ3v) is 5.31. The van der Waals surface area contributed by atoms with Crippen molar-refractivity contribution in [3.63, 3.8) is 0 Å². The second-order valence-electron chi connectivity index (χ2n) is 5.93. The molecule has 27 heavy (non-hydrogen) atoms. The van der Waals surface area contributed by atoms with Gasteiger partial charge < -0.3 is 16.6 Å². The van der Waals surface area contributed by atoms with Crippen LogP contribution >= 0.6 is 11.3 Å². The number of fused-ring (bicyclic) bond motifs is 1. The highest BCUT2D eigenvalue weighted by molar-refractivity contribution is 7.17. The van der Waals surface area contributed by atoms with Crippen molar-refractivity contribution in [3.8, 4) is 5.75 Å². The molecular weight excluding hydrogens is 364 g/mol. The van der Waals surface area contributed by atoms with Crippen LogP contribution in [0.4, 0.5) is 5.00 Å². The van der Waals surface area contributed by atoms with Gasteiger partial charge in [0.15, 0.2) is 0 Å². The van der Waals surface area contributed by atoms with Gasteiger partial charge in [-0.25, -0.2) is 0 Å². The van der Waals surface area contributed by atoms with Crippen LogP contribution < -0.4 is 22.3 Å². The van der Waals surface area contributed by atoms with Gasteiger partial charge in [-0.15, -0.1) is 11.3 Å². The highest BCUT2D eigenvalue weighted by atomic mass is 32.1. The predicted octanol–water partition coefficient (Wildman–Crippen LogP) is 2.50. The van der Waals surface area contributed by atoms with E-state index in [9.17, 15) is 14.7 Å². The SMILES string of the molecule is C=C(NNC(=O)c1cc2ccccc2cc1O)c1sc(N)c(C(N)=O)c1C. The van der Waals surface area contributed by atoms with Crippen LogP contribution in [0.2, 0.25) is 0 Å². The van der Waals surface area contributed by atoms with E-state index >= 15 is 0 Å². The summed E-state index contributed by atoms with van der Waals surface area (Å²) in [6.07, 6.45) is 0. The van der Waals surface area contributed by atoms with Crippen molar-refractivity contribution in [1.82, 2.24) is 10.9 Å². The van der Waals surface area contributed by atoms with Gasteiger partial charge in [-0.3, -0.25) is 20.4 Å². The molecule has 0 fully saturated rings. The molecule has 8 heteroatoms. The van der Waals surface area contributed by atoms with Gasteiger partial charge >= 0.3 is 0 Å². The van der Waals surface area contributed by atoms with Gasteiger partial charge in [0.05, 0.1) is 26.7 Å². The number of carbonyl (C=O) groups excluding carboxylic acids is 2. The number of phenols is 1. The Balaban J connectivity index is 1.78. The van der Waals surface area contributed by atoms with E-state index < -0.39 is 11.8 Å². The lowest BCUT2D eigenvalue weighted by Gasteiger charge is -2.12. The summed E-state index contributed by atoms with van der Waals surface area (Å²) >= 11 is 1.14. The molecule has 7 nitrogen and oxygen atoms in total. The van der Waals surface area contributed by atoms with E-state index in [0.717, 1.165) is 22.1 Å². The molecule has 0 unspecified atom stereocenters. The maximum Gasteiger partial charge on any atom is 0.273 e. The Morgan fingerprint density at radius 3 is 2.37 bits per heavy atom. The lowest BCUT2D eigenvalue weighted by Crippen LogP contribution is -2.35. The molecule has 3 aromatic rings. The van der Waals surface area contributed by atoms with Crippen molar-refractivity contribution in [3.05, 3.63) is 64.5 Å². The van der Waals surface area contributed by atoms with Gasteiger partial charge in [-0.1, -0.05) is 30.8 Å². The van der Waals surface area contributed by atoms with Crippen LogP contribution in [-0.2, 0) is 0 Å². The zero-order valence-electron chi connectivity index (χ0n) is 14.5. The van der Waals surface area contributed by atoms with Crippen LogP contribution in [0.5, 0.6) is 5.75 Å². The third-order valence-electron chi connectivity index (χ3n) is 4.13. The Kier molecular flexibility index (Phi) is 4.74. The summed E-state index contributed by atoms with van der Waals surface area (Å²) in [7, 11) is 0. The van der Waals surface area contributed by atoms with Gasteiger partial charge in [0.1, 0.15) is 5.75 Å². The van der Waals surface area contributed by atoms with E-state index in [2.05, 4.69) is 17.4 Å². The minimum absolute atomic E-state index is 0.120. The molecule has 7 N–H and O–H groups in total. The van der Waals surface area contributed by atoms with Crippen molar-refractivity contribution in [2.45, 2.75) is 6.92 Å². The molecule has 0 spiro atoms. The van der Waals surface area contributed by atoms with E-state index in [4.69, 9.17) is 11.5 Å². The summed E-state index contributed by atoms with van der Waals surface area (Å²) in [5.41, 5.74) is 17.6. The highest BCUT2D eigenvalue weighted by Gasteiger charge is 2.19. The number of thiophene rings is 1. The molecule has 3 rings (SSSR count). The van der Waals surface area contributed by atoms with Gasteiger partial charge in [0.25, 0.3) is 11.8 Å². The smallest absolute Gasteiger partial charge is 0.273 e. The van der Waals surface area contributed by atoms with E-state index in [0.29, 0.717) is 16.1 Å². The molecule has 138 valence electrons. The zero-order valence-corrected chi connectivity index (χ0v) is 15.3. The number of phenolic OH excluding ortho intramolecular Hbond substituents is 1. The third kappa shape index (κ3) is 3.42. The van der Waals surface area contributed by atoms with Crippen LogP contribution in [-0.4, -0.2) is 16.9 Å². The number of nitrogens with one attached hydrogen (secondary N) is 2. The second kappa shape index (κ2) is 7.00. The summed E-state index contributed by atoms with van der Waals surface area (Å²) < 4.78 is 0. The normalized spacial score (nSPS) is 10.6. The molecule has 0 aliphatic carbocycles. The van der Waals surface area contributed by atoms with Crippen molar-refractivity contribution in [2.75, 3.05) is 5.73 Å². The Bertz CT molecular complexity index is 1090.